The molecule has 0 amide bonds. The Labute approximate surface area is 172 Å². The number of aliphatic hydroxyl groups is 1. The fourth-order valence-electron chi connectivity index (χ4n) is 3.09. The average molecular weight is 468 g/mol. The summed E-state index contributed by atoms with van der Waals surface area (Å²) in [5, 5.41) is 16.4. The summed E-state index contributed by atoms with van der Waals surface area (Å²) in [4.78, 5) is 7.16. The summed E-state index contributed by atoms with van der Waals surface area (Å²) in [6.45, 7) is 13.8. The van der Waals surface area contributed by atoms with Crippen molar-refractivity contribution in [3.05, 3.63) is 0 Å². The lowest BCUT2D eigenvalue weighted by molar-refractivity contribution is 0.0824. The third kappa shape index (κ3) is 12.8. The number of likely N-dealkylation sites (tertiary alicyclic amines) is 1. The van der Waals surface area contributed by atoms with Crippen LogP contribution in [-0.2, 0) is 0 Å². The SMILES string of the molecule is CCNC(=NCCCN1CCC(O)CC1)NC(C)CCCC(C)C.I. The lowest BCUT2D eigenvalue weighted by atomic mass is 10.0. The van der Waals surface area contributed by atoms with Crippen LogP contribution in [0.3, 0.4) is 0 Å². The highest BCUT2D eigenvalue weighted by atomic mass is 127. The number of aliphatic imine (C=N–C) groups is 1. The van der Waals surface area contributed by atoms with Crippen LogP contribution in [0.15, 0.2) is 4.99 Å². The summed E-state index contributed by atoms with van der Waals surface area (Å²) in [6, 6.07) is 0.463. The minimum absolute atomic E-state index is 0. The first-order valence-corrected chi connectivity index (χ1v) is 9.96. The Morgan fingerprint density at radius 1 is 1.16 bits per heavy atom. The fourth-order valence-corrected chi connectivity index (χ4v) is 3.09. The molecule has 1 rings (SSSR count). The van der Waals surface area contributed by atoms with Gasteiger partial charge in [-0.1, -0.05) is 26.7 Å². The molecule has 0 spiro atoms. The van der Waals surface area contributed by atoms with Crippen LogP contribution in [0.4, 0.5) is 0 Å². The molecule has 1 aliphatic heterocycles. The molecule has 1 atom stereocenters. The average Bonchev–Trinajstić information content (AvgIpc) is 2.53. The predicted molar refractivity (Wildman–Crippen MR) is 119 cm³/mol. The molecule has 0 aliphatic carbocycles. The van der Waals surface area contributed by atoms with Gasteiger partial charge in [0, 0.05) is 32.2 Å². The molecule has 1 unspecified atom stereocenters. The predicted octanol–water partition coefficient (Wildman–Crippen LogP) is 3.22. The van der Waals surface area contributed by atoms with Gasteiger partial charge >= 0.3 is 0 Å². The maximum atomic E-state index is 9.54. The van der Waals surface area contributed by atoms with Crippen LogP contribution in [-0.4, -0.2) is 60.8 Å². The summed E-state index contributed by atoms with van der Waals surface area (Å²) in [6.07, 6.45) is 6.59. The van der Waals surface area contributed by atoms with Crippen LogP contribution in [0.5, 0.6) is 0 Å². The Morgan fingerprint density at radius 3 is 2.44 bits per heavy atom. The Hall–Kier alpha value is -0.0800. The van der Waals surface area contributed by atoms with E-state index in [9.17, 15) is 5.11 Å². The molecule has 0 aromatic rings. The largest absolute Gasteiger partial charge is 0.393 e. The van der Waals surface area contributed by atoms with Gasteiger partial charge in [0.25, 0.3) is 0 Å². The lowest BCUT2D eigenvalue weighted by Crippen LogP contribution is -2.42. The number of hydrogen-bond acceptors (Lipinski definition) is 3. The van der Waals surface area contributed by atoms with Crippen molar-refractivity contribution in [2.24, 2.45) is 10.9 Å². The number of nitrogens with one attached hydrogen (secondary N) is 2. The van der Waals surface area contributed by atoms with Crippen LogP contribution < -0.4 is 10.6 Å². The number of guanidine groups is 1. The zero-order chi connectivity index (χ0) is 17.8. The molecule has 0 bridgehead atoms. The molecular formula is C19H41IN4O. The van der Waals surface area contributed by atoms with Crippen molar-refractivity contribution in [1.82, 2.24) is 15.5 Å². The summed E-state index contributed by atoms with van der Waals surface area (Å²) in [7, 11) is 0. The minimum Gasteiger partial charge on any atom is -0.393 e. The second-order valence-corrected chi connectivity index (χ2v) is 7.56. The van der Waals surface area contributed by atoms with Crippen molar-refractivity contribution in [3.8, 4) is 0 Å². The van der Waals surface area contributed by atoms with Crippen molar-refractivity contribution in [1.29, 1.82) is 0 Å². The van der Waals surface area contributed by atoms with E-state index in [1.807, 2.05) is 0 Å². The van der Waals surface area contributed by atoms with Crippen LogP contribution in [0.1, 0.15) is 66.2 Å². The zero-order valence-electron chi connectivity index (χ0n) is 16.8. The third-order valence-electron chi connectivity index (χ3n) is 4.61. The molecule has 6 heteroatoms. The van der Waals surface area contributed by atoms with Crippen molar-refractivity contribution in [2.45, 2.75) is 78.4 Å². The van der Waals surface area contributed by atoms with Crippen LogP contribution in [0.2, 0.25) is 0 Å². The number of piperidine rings is 1. The first-order valence-electron chi connectivity index (χ1n) is 9.96. The molecule has 1 heterocycles. The van der Waals surface area contributed by atoms with Gasteiger partial charge in [-0.15, -0.1) is 24.0 Å². The fraction of sp³-hybridized carbons (Fsp3) is 0.947. The van der Waals surface area contributed by atoms with E-state index >= 15 is 0 Å². The Bertz CT molecular complexity index is 344. The Kier molecular flexibility index (Phi) is 15.0. The Morgan fingerprint density at radius 2 is 1.84 bits per heavy atom. The normalized spacial score (nSPS) is 18.1. The van der Waals surface area contributed by atoms with Gasteiger partial charge in [0.05, 0.1) is 6.10 Å². The van der Waals surface area contributed by atoms with E-state index < -0.39 is 0 Å². The van der Waals surface area contributed by atoms with Crippen molar-refractivity contribution >= 4 is 29.9 Å². The van der Waals surface area contributed by atoms with Gasteiger partial charge in [0.15, 0.2) is 5.96 Å². The molecule has 1 saturated heterocycles. The summed E-state index contributed by atoms with van der Waals surface area (Å²) >= 11 is 0. The monoisotopic (exact) mass is 468 g/mol. The molecule has 5 nitrogen and oxygen atoms in total. The molecule has 0 radical (unpaired) electrons. The van der Waals surface area contributed by atoms with E-state index in [1.165, 1.54) is 19.3 Å². The van der Waals surface area contributed by atoms with Crippen molar-refractivity contribution < 1.29 is 5.11 Å². The van der Waals surface area contributed by atoms with Crippen molar-refractivity contribution in [3.63, 3.8) is 0 Å². The lowest BCUT2D eigenvalue weighted by Gasteiger charge is -2.29. The summed E-state index contributed by atoms with van der Waals surface area (Å²) in [5.74, 6) is 1.73. The molecule has 25 heavy (non-hydrogen) atoms. The molecular weight excluding hydrogens is 427 g/mol. The third-order valence-corrected chi connectivity index (χ3v) is 4.61. The highest BCUT2D eigenvalue weighted by Gasteiger charge is 2.16. The molecule has 0 saturated carbocycles. The quantitative estimate of drug-likeness (QED) is 0.200. The molecule has 1 fully saturated rings. The van der Waals surface area contributed by atoms with Gasteiger partial charge in [0.1, 0.15) is 0 Å². The summed E-state index contributed by atoms with van der Waals surface area (Å²) in [5.41, 5.74) is 0. The highest BCUT2D eigenvalue weighted by Crippen LogP contribution is 2.10. The number of hydrogen-bond donors (Lipinski definition) is 3. The van der Waals surface area contributed by atoms with Gasteiger partial charge in [0.2, 0.25) is 0 Å². The first kappa shape index (κ1) is 24.9. The highest BCUT2D eigenvalue weighted by molar-refractivity contribution is 14.0. The maximum Gasteiger partial charge on any atom is 0.191 e. The smallest absolute Gasteiger partial charge is 0.191 e. The number of nitrogens with zero attached hydrogens (tertiary/aromatic N) is 2. The first-order chi connectivity index (χ1) is 11.5. The van der Waals surface area contributed by atoms with Gasteiger partial charge in [-0.05, 0) is 52.0 Å². The maximum absolute atomic E-state index is 9.54. The van der Waals surface area contributed by atoms with Crippen LogP contribution in [0, 0.1) is 5.92 Å². The second kappa shape index (κ2) is 15.0. The van der Waals surface area contributed by atoms with Gasteiger partial charge < -0.3 is 20.6 Å². The second-order valence-electron chi connectivity index (χ2n) is 7.56. The topological polar surface area (TPSA) is 59.9 Å². The number of halogens is 1. The van der Waals surface area contributed by atoms with E-state index in [2.05, 4.69) is 43.2 Å². The number of rotatable bonds is 10. The van der Waals surface area contributed by atoms with E-state index in [4.69, 9.17) is 4.99 Å². The van der Waals surface area contributed by atoms with E-state index in [0.29, 0.717) is 6.04 Å². The zero-order valence-corrected chi connectivity index (χ0v) is 19.1. The summed E-state index contributed by atoms with van der Waals surface area (Å²) < 4.78 is 0. The van der Waals surface area contributed by atoms with Gasteiger partial charge in [-0.2, -0.15) is 0 Å². The van der Waals surface area contributed by atoms with Gasteiger partial charge in [-0.25, -0.2) is 0 Å². The van der Waals surface area contributed by atoms with Crippen LogP contribution in [0.25, 0.3) is 0 Å². The van der Waals surface area contributed by atoms with E-state index in [1.54, 1.807) is 0 Å². The standard InChI is InChI=1S/C19H40N4O.HI/c1-5-20-19(22-17(4)9-6-8-16(2)3)21-12-7-13-23-14-10-18(24)11-15-23;/h16-18,24H,5-15H2,1-4H3,(H2,20,21,22);1H. The van der Waals surface area contributed by atoms with Crippen molar-refractivity contribution in [2.75, 3.05) is 32.7 Å². The van der Waals surface area contributed by atoms with E-state index in [0.717, 1.165) is 63.9 Å². The molecule has 0 aromatic carbocycles. The van der Waals surface area contributed by atoms with E-state index in [-0.39, 0.29) is 30.1 Å². The molecule has 0 aromatic heterocycles. The number of aliphatic hydroxyl groups excluding tert-OH is 1. The molecule has 1 aliphatic rings. The molecule has 150 valence electrons. The van der Waals surface area contributed by atoms with Gasteiger partial charge in [-0.3, -0.25) is 4.99 Å². The molecule has 3 N–H and O–H groups in total. The van der Waals surface area contributed by atoms with Crippen LogP contribution >= 0.6 is 24.0 Å². The minimum atomic E-state index is -0.0824. The Balaban J connectivity index is 0.00000576.